The van der Waals surface area contributed by atoms with E-state index in [-0.39, 0.29) is 27.7 Å². The van der Waals surface area contributed by atoms with Crippen molar-refractivity contribution in [1.29, 1.82) is 0 Å². The van der Waals surface area contributed by atoms with E-state index in [9.17, 15) is 14.4 Å². The maximum absolute atomic E-state index is 13.0. The fourth-order valence-electron chi connectivity index (χ4n) is 3.82. The molecule has 2 N–H and O–H groups in total. The van der Waals surface area contributed by atoms with Gasteiger partial charge in [0.25, 0.3) is 11.8 Å². The Labute approximate surface area is 206 Å². The standard InChI is InChI=1S/C24H24ClN5O3S/c1-14-5-10-19(15(2)12-14)27-20(31)16-4-3-11-30(13-16)24(33)23-29-28-22(34-23)21(32)26-18-8-6-17(25)7-9-18/h5-10,12,16H,3-4,11,13H2,1-2H3,(H,26,32)(H,27,31). The lowest BCUT2D eigenvalue weighted by atomic mass is 9.96. The van der Waals surface area contributed by atoms with Crippen molar-refractivity contribution in [1.82, 2.24) is 15.1 Å². The van der Waals surface area contributed by atoms with Crippen LogP contribution in [0, 0.1) is 19.8 Å². The minimum Gasteiger partial charge on any atom is -0.336 e. The normalized spacial score (nSPS) is 15.6. The van der Waals surface area contributed by atoms with Crippen LogP contribution >= 0.6 is 22.9 Å². The van der Waals surface area contributed by atoms with Crippen molar-refractivity contribution >= 4 is 52.0 Å². The number of anilines is 2. The number of rotatable bonds is 5. The van der Waals surface area contributed by atoms with Crippen molar-refractivity contribution in [3.8, 4) is 0 Å². The summed E-state index contributed by atoms with van der Waals surface area (Å²) in [5.74, 6) is -1.21. The number of likely N-dealkylation sites (tertiary alicyclic amines) is 1. The number of aryl methyl sites for hydroxylation is 2. The molecule has 8 nitrogen and oxygen atoms in total. The second-order valence-corrected chi connectivity index (χ2v) is 9.69. The molecule has 2 heterocycles. The number of carbonyl (C=O) groups is 3. The van der Waals surface area contributed by atoms with Crippen molar-refractivity contribution in [2.45, 2.75) is 26.7 Å². The van der Waals surface area contributed by atoms with E-state index in [1.54, 1.807) is 29.2 Å². The lowest BCUT2D eigenvalue weighted by molar-refractivity contribution is -0.121. The predicted molar refractivity (Wildman–Crippen MR) is 132 cm³/mol. The van der Waals surface area contributed by atoms with E-state index >= 15 is 0 Å². The van der Waals surface area contributed by atoms with Gasteiger partial charge in [-0.1, -0.05) is 40.6 Å². The molecular formula is C24H24ClN5O3S. The van der Waals surface area contributed by atoms with E-state index in [4.69, 9.17) is 11.6 Å². The smallest absolute Gasteiger partial charge is 0.286 e. The molecule has 1 unspecified atom stereocenters. The van der Waals surface area contributed by atoms with Gasteiger partial charge in [-0.3, -0.25) is 14.4 Å². The molecule has 0 aliphatic carbocycles. The number of aromatic nitrogens is 2. The van der Waals surface area contributed by atoms with Gasteiger partial charge in [0.1, 0.15) is 0 Å². The number of hydrogen-bond donors (Lipinski definition) is 2. The first-order valence-corrected chi connectivity index (χ1v) is 12.1. The Kier molecular flexibility index (Phi) is 7.23. The van der Waals surface area contributed by atoms with Gasteiger partial charge < -0.3 is 15.5 Å². The van der Waals surface area contributed by atoms with Crippen LogP contribution in [0.15, 0.2) is 42.5 Å². The summed E-state index contributed by atoms with van der Waals surface area (Å²) in [4.78, 5) is 39.9. The molecule has 1 aliphatic rings. The SMILES string of the molecule is Cc1ccc(NC(=O)C2CCCN(C(=O)c3nnc(C(=O)Nc4ccc(Cl)cc4)s3)C2)c(C)c1. The minimum atomic E-state index is -0.455. The molecule has 1 atom stereocenters. The van der Waals surface area contributed by atoms with Gasteiger partial charge in [0.05, 0.1) is 5.92 Å². The summed E-state index contributed by atoms with van der Waals surface area (Å²) in [6, 6.07) is 12.5. The molecule has 1 aromatic heterocycles. The van der Waals surface area contributed by atoms with Gasteiger partial charge in [0, 0.05) is 29.5 Å². The highest BCUT2D eigenvalue weighted by atomic mass is 35.5. The Balaban J connectivity index is 1.38. The van der Waals surface area contributed by atoms with Crippen LogP contribution in [0.3, 0.4) is 0 Å². The van der Waals surface area contributed by atoms with Crippen LogP contribution in [0.5, 0.6) is 0 Å². The van der Waals surface area contributed by atoms with Gasteiger partial charge in [0.2, 0.25) is 15.9 Å². The van der Waals surface area contributed by atoms with E-state index in [0.29, 0.717) is 36.6 Å². The summed E-state index contributed by atoms with van der Waals surface area (Å²) in [7, 11) is 0. The molecule has 176 valence electrons. The van der Waals surface area contributed by atoms with Crippen LogP contribution in [0.2, 0.25) is 5.02 Å². The van der Waals surface area contributed by atoms with Crippen LogP contribution in [0.4, 0.5) is 11.4 Å². The third-order valence-corrected chi connectivity index (χ3v) is 6.79. The van der Waals surface area contributed by atoms with Crippen molar-refractivity contribution < 1.29 is 14.4 Å². The molecule has 4 rings (SSSR count). The van der Waals surface area contributed by atoms with Crippen molar-refractivity contribution in [3.63, 3.8) is 0 Å². The third kappa shape index (κ3) is 5.60. The molecule has 0 saturated carbocycles. The largest absolute Gasteiger partial charge is 0.336 e. The molecule has 2 aromatic carbocycles. The van der Waals surface area contributed by atoms with Crippen LogP contribution < -0.4 is 10.6 Å². The molecule has 1 fully saturated rings. The van der Waals surface area contributed by atoms with E-state index in [1.165, 1.54) is 0 Å². The highest BCUT2D eigenvalue weighted by Crippen LogP contribution is 2.24. The molecule has 0 spiro atoms. The topological polar surface area (TPSA) is 104 Å². The Morgan fingerprint density at radius 1 is 1.03 bits per heavy atom. The Morgan fingerprint density at radius 3 is 2.50 bits per heavy atom. The van der Waals surface area contributed by atoms with Gasteiger partial charge in [-0.2, -0.15) is 0 Å². The minimum absolute atomic E-state index is 0.0828. The zero-order valence-electron chi connectivity index (χ0n) is 18.8. The van der Waals surface area contributed by atoms with Crippen LogP contribution in [0.25, 0.3) is 0 Å². The highest BCUT2D eigenvalue weighted by Gasteiger charge is 2.31. The first kappa shape index (κ1) is 23.8. The third-order valence-electron chi connectivity index (χ3n) is 5.62. The molecule has 0 radical (unpaired) electrons. The van der Waals surface area contributed by atoms with E-state index in [1.807, 2.05) is 32.0 Å². The second kappa shape index (κ2) is 10.3. The molecule has 10 heteroatoms. The summed E-state index contributed by atoms with van der Waals surface area (Å²) in [6.07, 6.45) is 1.41. The summed E-state index contributed by atoms with van der Waals surface area (Å²) < 4.78 is 0. The maximum atomic E-state index is 13.0. The molecule has 3 amide bonds. The van der Waals surface area contributed by atoms with Gasteiger partial charge in [-0.25, -0.2) is 0 Å². The Morgan fingerprint density at radius 2 is 1.76 bits per heavy atom. The van der Waals surface area contributed by atoms with Crippen LogP contribution in [-0.4, -0.2) is 45.9 Å². The number of hydrogen-bond acceptors (Lipinski definition) is 6. The average molecular weight is 498 g/mol. The molecule has 1 aliphatic heterocycles. The fraction of sp³-hybridized carbons (Fsp3) is 0.292. The van der Waals surface area contributed by atoms with Gasteiger partial charge in [-0.15, -0.1) is 10.2 Å². The Bertz CT molecular complexity index is 1230. The first-order chi connectivity index (χ1) is 16.3. The fourth-order valence-corrected chi connectivity index (χ4v) is 4.65. The number of amides is 3. The van der Waals surface area contributed by atoms with E-state index in [0.717, 1.165) is 28.2 Å². The number of carbonyl (C=O) groups excluding carboxylic acids is 3. The lowest BCUT2D eigenvalue weighted by Gasteiger charge is -2.31. The molecule has 0 bridgehead atoms. The lowest BCUT2D eigenvalue weighted by Crippen LogP contribution is -2.43. The van der Waals surface area contributed by atoms with Crippen molar-refractivity contribution in [2.24, 2.45) is 5.92 Å². The zero-order valence-corrected chi connectivity index (χ0v) is 20.4. The first-order valence-electron chi connectivity index (χ1n) is 10.9. The van der Waals surface area contributed by atoms with Gasteiger partial charge >= 0.3 is 0 Å². The quantitative estimate of drug-likeness (QED) is 0.538. The van der Waals surface area contributed by atoms with Crippen LogP contribution in [-0.2, 0) is 4.79 Å². The number of nitrogens with one attached hydrogen (secondary N) is 2. The molecule has 34 heavy (non-hydrogen) atoms. The van der Waals surface area contributed by atoms with E-state index in [2.05, 4.69) is 20.8 Å². The number of halogens is 1. The average Bonchev–Trinajstić information content (AvgIpc) is 3.32. The van der Waals surface area contributed by atoms with Gasteiger partial charge in [0.15, 0.2) is 0 Å². The molecular weight excluding hydrogens is 474 g/mol. The van der Waals surface area contributed by atoms with Crippen molar-refractivity contribution in [3.05, 3.63) is 68.6 Å². The monoisotopic (exact) mass is 497 g/mol. The number of piperidine rings is 1. The maximum Gasteiger partial charge on any atom is 0.286 e. The summed E-state index contributed by atoms with van der Waals surface area (Å²) >= 11 is 6.79. The zero-order chi connectivity index (χ0) is 24.2. The summed E-state index contributed by atoms with van der Waals surface area (Å²) in [5, 5.41) is 14.3. The molecule has 3 aromatic rings. The molecule has 1 saturated heterocycles. The van der Waals surface area contributed by atoms with Crippen molar-refractivity contribution in [2.75, 3.05) is 23.7 Å². The second-order valence-electron chi connectivity index (χ2n) is 8.27. The number of nitrogens with zero attached hydrogens (tertiary/aromatic N) is 3. The van der Waals surface area contributed by atoms with Gasteiger partial charge in [-0.05, 0) is 62.6 Å². The van der Waals surface area contributed by atoms with E-state index < -0.39 is 5.91 Å². The number of benzene rings is 2. The Hall–Kier alpha value is -3.30. The predicted octanol–water partition coefficient (Wildman–Crippen LogP) is 4.55. The highest BCUT2D eigenvalue weighted by molar-refractivity contribution is 7.15. The van der Waals surface area contributed by atoms with Crippen LogP contribution in [0.1, 0.15) is 43.6 Å². The summed E-state index contributed by atoms with van der Waals surface area (Å²) in [6.45, 7) is 4.78. The summed E-state index contributed by atoms with van der Waals surface area (Å²) in [5.41, 5.74) is 3.46.